The first-order chi connectivity index (χ1) is 17.6. The Balaban J connectivity index is 1.39. The summed E-state index contributed by atoms with van der Waals surface area (Å²) >= 11 is 0. The molecule has 4 aliphatic rings. The normalized spacial score (nSPS) is 27.1. The smallest absolute Gasteiger partial charge is 0.416 e. The largest absolute Gasteiger partial charge is 0.496 e. The lowest BCUT2D eigenvalue weighted by Gasteiger charge is -2.57. The molecular formula is C31H33F3O3. The standard InChI is InChI=1S/C31H33F3O3/c1-37-28-10-8-20(15-27(28)30-17-21-12-22(18-30)14-23(13-21)19-30)4-2-5-24(9-11-29(35)36)25-6-3-7-26(16-25)31(32,33)34/h3,5-11,15-16,21-23H,2,4,12-14,17-19H2,1H3,(H,35,36)/b11-9?,24-5-. The molecule has 0 saturated heterocycles. The molecule has 0 atom stereocenters. The van der Waals surface area contributed by atoms with Gasteiger partial charge in [-0.2, -0.15) is 13.2 Å². The molecule has 0 unspecified atom stereocenters. The number of carboxylic acid groups (broad SMARTS) is 1. The van der Waals surface area contributed by atoms with E-state index in [2.05, 4.69) is 18.2 Å². The third-order valence-electron chi connectivity index (χ3n) is 8.60. The Hall–Kier alpha value is -3.02. The molecule has 196 valence electrons. The van der Waals surface area contributed by atoms with Gasteiger partial charge in [-0.1, -0.05) is 30.3 Å². The topological polar surface area (TPSA) is 46.5 Å². The van der Waals surface area contributed by atoms with Gasteiger partial charge in [0, 0.05) is 11.6 Å². The van der Waals surface area contributed by atoms with Crippen LogP contribution in [0, 0.1) is 17.8 Å². The molecule has 0 aliphatic heterocycles. The second kappa shape index (κ2) is 10.0. The summed E-state index contributed by atoms with van der Waals surface area (Å²) < 4.78 is 45.6. The molecule has 3 nitrogen and oxygen atoms in total. The van der Waals surface area contributed by atoms with Crippen LogP contribution >= 0.6 is 0 Å². The second-order valence-corrected chi connectivity index (χ2v) is 11.2. The SMILES string of the molecule is COc1ccc(CC/C=C(/C=CC(=O)O)c2cccc(C(F)(F)F)c2)cc1C12CC3CC(CC(C3)C1)C2. The lowest BCUT2D eigenvalue weighted by Crippen LogP contribution is -2.48. The number of hydrogen-bond donors (Lipinski definition) is 1. The lowest BCUT2D eigenvalue weighted by molar-refractivity contribution is -0.137. The van der Waals surface area contributed by atoms with E-state index in [1.54, 1.807) is 13.2 Å². The summed E-state index contributed by atoms with van der Waals surface area (Å²) in [5.74, 6) is 2.26. The highest BCUT2D eigenvalue weighted by atomic mass is 19.4. The second-order valence-electron chi connectivity index (χ2n) is 11.2. The van der Waals surface area contributed by atoms with Crippen molar-refractivity contribution < 1.29 is 27.8 Å². The van der Waals surface area contributed by atoms with Gasteiger partial charge >= 0.3 is 12.1 Å². The number of carboxylic acids is 1. The van der Waals surface area contributed by atoms with E-state index in [9.17, 15) is 18.0 Å². The Morgan fingerprint density at radius 3 is 2.30 bits per heavy atom. The Morgan fingerprint density at radius 1 is 1.03 bits per heavy atom. The zero-order chi connectivity index (χ0) is 26.2. The van der Waals surface area contributed by atoms with E-state index < -0.39 is 17.7 Å². The van der Waals surface area contributed by atoms with Gasteiger partial charge in [-0.25, -0.2) is 4.79 Å². The van der Waals surface area contributed by atoms with Crippen molar-refractivity contribution in [2.45, 2.75) is 63.0 Å². The van der Waals surface area contributed by atoms with Crippen LogP contribution in [0.2, 0.25) is 0 Å². The van der Waals surface area contributed by atoms with Crippen LogP contribution in [0.3, 0.4) is 0 Å². The maximum atomic E-state index is 13.2. The molecule has 0 radical (unpaired) electrons. The number of halogens is 3. The summed E-state index contributed by atoms with van der Waals surface area (Å²) in [7, 11) is 1.73. The minimum Gasteiger partial charge on any atom is -0.496 e. The number of aliphatic carboxylic acids is 1. The van der Waals surface area contributed by atoms with Gasteiger partial charge in [0.2, 0.25) is 0 Å². The summed E-state index contributed by atoms with van der Waals surface area (Å²) in [6.45, 7) is 0. The van der Waals surface area contributed by atoms with Gasteiger partial charge in [-0.15, -0.1) is 0 Å². The molecule has 0 aromatic heterocycles. The fraction of sp³-hybridized carbons (Fsp3) is 0.452. The van der Waals surface area contributed by atoms with E-state index in [0.29, 0.717) is 24.0 Å². The quantitative estimate of drug-likeness (QED) is 0.291. The summed E-state index contributed by atoms with van der Waals surface area (Å²) in [6.07, 6.45) is 8.77. The van der Waals surface area contributed by atoms with Crippen LogP contribution in [0.4, 0.5) is 13.2 Å². The molecule has 1 N–H and O–H groups in total. The van der Waals surface area contributed by atoms with Crippen molar-refractivity contribution in [1.29, 1.82) is 0 Å². The van der Waals surface area contributed by atoms with Crippen molar-refractivity contribution in [3.05, 3.63) is 82.9 Å². The van der Waals surface area contributed by atoms with Crippen LogP contribution in [0.1, 0.15) is 67.2 Å². The van der Waals surface area contributed by atoms with E-state index in [4.69, 9.17) is 9.84 Å². The van der Waals surface area contributed by atoms with Crippen LogP contribution < -0.4 is 4.74 Å². The van der Waals surface area contributed by atoms with E-state index in [1.807, 2.05) is 6.08 Å². The Labute approximate surface area is 216 Å². The molecule has 2 aromatic carbocycles. The van der Waals surface area contributed by atoms with Gasteiger partial charge in [0.1, 0.15) is 5.75 Å². The van der Waals surface area contributed by atoms with E-state index in [1.165, 1.54) is 56.2 Å². The van der Waals surface area contributed by atoms with Crippen LogP contribution in [0.5, 0.6) is 5.75 Å². The molecule has 4 bridgehead atoms. The first kappa shape index (κ1) is 25.6. The van der Waals surface area contributed by atoms with E-state index >= 15 is 0 Å². The monoisotopic (exact) mass is 510 g/mol. The van der Waals surface area contributed by atoms with Crippen molar-refractivity contribution in [2.75, 3.05) is 7.11 Å². The molecule has 6 heteroatoms. The van der Waals surface area contributed by atoms with Crippen LogP contribution in [-0.2, 0) is 22.8 Å². The predicted molar refractivity (Wildman–Crippen MR) is 137 cm³/mol. The maximum Gasteiger partial charge on any atom is 0.416 e. The number of allylic oxidation sites excluding steroid dienone is 3. The number of methoxy groups -OCH3 is 1. The zero-order valence-electron chi connectivity index (χ0n) is 21.1. The third-order valence-corrected chi connectivity index (χ3v) is 8.60. The number of aryl methyl sites for hydroxylation is 1. The number of hydrogen-bond acceptors (Lipinski definition) is 2. The zero-order valence-corrected chi connectivity index (χ0v) is 21.1. The number of benzene rings is 2. The minimum atomic E-state index is -4.46. The van der Waals surface area contributed by atoms with Gasteiger partial charge in [0.15, 0.2) is 0 Å². The number of alkyl halides is 3. The van der Waals surface area contributed by atoms with Crippen molar-refractivity contribution in [2.24, 2.45) is 17.8 Å². The van der Waals surface area contributed by atoms with Gasteiger partial charge < -0.3 is 9.84 Å². The molecular weight excluding hydrogens is 477 g/mol. The summed E-state index contributed by atoms with van der Waals surface area (Å²) in [5, 5.41) is 9.09. The van der Waals surface area contributed by atoms with Crippen molar-refractivity contribution >= 4 is 11.5 Å². The number of ether oxygens (including phenoxy) is 1. The number of carbonyl (C=O) groups is 1. The highest BCUT2D eigenvalue weighted by Crippen LogP contribution is 2.62. The van der Waals surface area contributed by atoms with Crippen LogP contribution in [-0.4, -0.2) is 18.2 Å². The van der Waals surface area contributed by atoms with Crippen molar-refractivity contribution in [3.63, 3.8) is 0 Å². The number of rotatable bonds is 8. The fourth-order valence-corrected chi connectivity index (χ4v) is 7.48. The summed E-state index contributed by atoms with van der Waals surface area (Å²) in [5.41, 5.74) is 2.72. The Bertz CT molecular complexity index is 1190. The molecule has 0 spiro atoms. The van der Waals surface area contributed by atoms with E-state index in [-0.39, 0.29) is 5.41 Å². The molecule has 0 amide bonds. The van der Waals surface area contributed by atoms with Crippen molar-refractivity contribution in [1.82, 2.24) is 0 Å². The third kappa shape index (κ3) is 5.48. The summed E-state index contributed by atoms with van der Waals surface area (Å²) in [6, 6.07) is 11.4. The van der Waals surface area contributed by atoms with Gasteiger partial charge in [-0.3, -0.25) is 0 Å². The van der Waals surface area contributed by atoms with Crippen molar-refractivity contribution in [3.8, 4) is 5.75 Å². The molecule has 0 heterocycles. The summed E-state index contributed by atoms with van der Waals surface area (Å²) in [4.78, 5) is 11.1. The maximum absolute atomic E-state index is 13.2. The molecule has 37 heavy (non-hydrogen) atoms. The predicted octanol–water partition coefficient (Wildman–Crippen LogP) is 7.84. The highest BCUT2D eigenvalue weighted by Gasteiger charge is 2.52. The van der Waals surface area contributed by atoms with E-state index in [0.717, 1.165) is 47.3 Å². The van der Waals surface area contributed by atoms with Crippen LogP contribution in [0.15, 0.2) is 60.7 Å². The lowest BCUT2D eigenvalue weighted by atomic mass is 9.48. The molecule has 4 saturated carbocycles. The first-order valence-electron chi connectivity index (χ1n) is 13.1. The molecule has 6 rings (SSSR count). The average molecular weight is 511 g/mol. The van der Waals surface area contributed by atoms with Gasteiger partial charge in [-0.05, 0) is 116 Å². The van der Waals surface area contributed by atoms with Gasteiger partial charge in [0.25, 0.3) is 0 Å². The molecule has 4 fully saturated rings. The molecule has 2 aromatic rings. The first-order valence-corrected chi connectivity index (χ1v) is 13.1. The Kier molecular flexibility index (Phi) is 6.95. The minimum absolute atomic E-state index is 0.194. The highest BCUT2D eigenvalue weighted by molar-refractivity contribution is 5.85. The van der Waals surface area contributed by atoms with Gasteiger partial charge in [0.05, 0.1) is 12.7 Å². The molecule has 4 aliphatic carbocycles. The fourth-order valence-electron chi connectivity index (χ4n) is 7.48. The Morgan fingerprint density at radius 2 is 1.70 bits per heavy atom. The average Bonchev–Trinajstić information content (AvgIpc) is 2.84. The van der Waals surface area contributed by atoms with Crippen LogP contribution in [0.25, 0.3) is 5.57 Å².